The lowest BCUT2D eigenvalue weighted by atomic mass is 10.3. The lowest BCUT2D eigenvalue weighted by Gasteiger charge is -2.28. The third kappa shape index (κ3) is 4.93. The first kappa shape index (κ1) is 17.7. The fraction of sp³-hybridized carbons (Fsp3) is 0.438. The summed E-state index contributed by atoms with van der Waals surface area (Å²) in [6, 6.07) is 5.65. The summed E-state index contributed by atoms with van der Waals surface area (Å²) >= 11 is 1.21. The molecule has 1 saturated heterocycles. The third-order valence-electron chi connectivity index (χ3n) is 3.57. The molecule has 25 heavy (non-hydrogen) atoms. The van der Waals surface area contributed by atoms with Crippen LogP contribution in [0.5, 0.6) is 5.75 Å². The molecule has 0 spiro atoms. The van der Waals surface area contributed by atoms with Crippen molar-refractivity contribution in [2.45, 2.75) is 24.0 Å². The van der Waals surface area contributed by atoms with E-state index in [1.54, 1.807) is 11.8 Å². The van der Waals surface area contributed by atoms with Crippen molar-refractivity contribution < 1.29 is 23.1 Å². The zero-order valence-corrected chi connectivity index (χ0v) is 14.5. The topological polar surface area (TPSA) is 77.7 Å². The summed E-state index contributed by atoms with van der Waals surface area (Å²) in [4.78, 5) is 14.1. The maximum absolute atomic E-state index is 12.8. The fourth-order valence-electron chi connectivity index (χ4n) is 2.26. The lowest BCUT2D eigenvalue weighted by molar-refractivity contribution is -0.134. The van der Waals surface area contributed by atoms with E-state index < -0.39 is 0 Å². The largest absolute Gasteiger partial charge is 0.484 e. The number of halogens is 1. The number of ether oxygens (including phenoxy) is 2. The van der Waals surface area contributed by atoms with Crippen molar-refractivity contribution in [1.29, 1.82) is 0 Å². The fourth-order valence-corrected chi connectivity index (χ4v) is 3.05. The van der Waals surface area contributed by atoms with Crippen LogP contribution in [0.4, 0.5) is 4.39 Å². The smallest absolute Gasteiger partial charge is 0.277 e. The van der Waals surface area contributed by atoms with Crippen molar-refractivity contribution in [1.82, 2.24) is 15.1 Å². The number of benzene rings is 1. The summed E-state index contributed by atoms with van der Waals surface area (Å²) in [6.45, 7) is 4.21. The second kappa shape index (κ2) is 8.30. The van der Waals surface area contributed by atoms with Gasteiger partial charge in [0.2, 0.25) is 5.91 Å². The van der Waals surface area contributed by atoms with E-state index in [-0.39, 0.29) is 29.5 Å². The van der Waals surface area contributed by atoms with Gasteiger partial charge < -0.3 is 18.8 Å². The SMILES string of the molecule is CC(Sc1nnc(COc2ccc(F)cc2)o1)C(=O)N1CCOCC1. The molecule has 9 heteroatoms. The average molecular weight is 367 g/mol. The van der Waals surface area contributed by atoms with Crippen LogP contribution in [0.1, 0.15) is 12.8 Å². The van der Waals surface area contributed by atoms with Crippen LogP contribution < -0.4 is 4.74 Å². The Morgan fingerprint density at radius 1 is 1.32 bits per heavy atom. The molecular weight excluding hydrogens is 349 g/mol. The molecule has 0 bridgehead atoms. The Morgan fingerprint density at radius 3 is 2.76 bits per heavy atom. The van der Waals surface area contributed by atoms with Crippen molar-refractivity contribution in [2.24, 2.45) is 0 Å². The van der Waals surface area contributed by atoms with Crippen LogP contribution in [0.2, 0.25) is 0 Å². The van der Waals surface area contributed by atoms with Gasteiger partial charge in [-0.15, -0.1) is 10.2 Å². The van der Waals surface area contributed by atoms with Crippen LogP contribution in [0.3, 0.4) is 0 Å². The highest BCUT2D eigenvalue weighted by molar-refractivity contribution is 8.00. The number of carbonyl (C=O) groups excluding carboxylic acids is 1. The molecule has 1 fully saturated rings. The van der Waals surface area contributed by atoms with Gasteiger partial charge in [-0.25, -0.2) is 4.39 Å². The van der Waals surface area contributed by atoms with E-state index in [9.17, 15) is 9.18 Å². The molecule has 1 aromatic carbocycles. The van der Waals surface area contributed by atoms with E-state index in [2.05, 4.69) is 10.2 Å². The molecule has 1 aliphatic rings. The van der Waals surface area contributed by atoms with E-state index in [1.165, 1.54) is 36.0 Å². The predicted molar refractivity (Wildman–Crippen MR) is 87.7 cm³/mol. The molecule has 1 aromatic heterocycles. The number of carbonyl (C=O) groups is 1. The number of amides is 1. The molecule has 1 amide bonds. The Hall–Kier alpha value is -2.13. The maximum atomic E-state index is 12.8. The minimum absolute atomic E-state index is 0.0237. The van der Waals surface area contributed by atoms with Gasteiger partial charge in [-0.3, -0.25) is 4.79 Å². The number of hydrogen-bond acceptors (Lipinski definition) is 7. The maximum Gasteiger partial charge on any atom is 0.277 e. The molecule has 134 valence electrons. The summed E-state index contributed by atoms with van der Waals surface area (Å²) in [5.41, 5.74) is 0. The van der Waals surface area contributed by atoms with Gasteiger partial charge in [0.05, 0.1) is 18.5 Å². The Bertz CT molecular complexity index is 704. The minimum atomic E-state index is -0.331. The highest BCUT2D eigenvalue weighted by atomic mass is 32.2. The summed E-state index contributed by atoms with van der Waals surface area (Å²) in [5, 5.41) is 7.80. The van der Waals surface area contributed by atoms with Crippen LogP contribution in [-0.2, 0) is 16.1 Å². The quantitative estimate of drug-likeness (QED) is 0.724. The molecule has 3 rings (SSSR count). The van der Waals surface area contributed by atoms with Crippen LogP contribution in [0.25, 0.3) is 0 Å². The highest BCUT2D eigenvalue weighted by Crippen LogP contribution is 2.24. The Labute approximate surface area is 148 Å². The first-order valence-corrected chi connectivity index (χ1v) is 8.74. The number of aromatic nitrogens is 2. The summed E-state index contributed by atoms with van der Waals surface area (Å²) < 4.78 is 29.0. The van der Waals surface area contributed by atoms with E-state index in [4.69, 9.17) is 13.9 Å². The number of rotatable bonds is 6. The molecule has 2 aromatic rings. The summed E-state index contributed by atoms with van der Waals surface area (Å²) in [6.07, 6.45) is 0. The van der Waals surface area contributed by atoms with E-state index in [1.807, 2.05) is 0 Å². The van der Waals surface area contributed by atoms with Crippen molar-refractivity contribution in [3.05, 3.63) is 36.0 Å². The van der Waals surface area contributed by atoms with Crippen LogP contribution in [-0.4, -0.2) is 52.6 Å². The monoisotopic (exact) mass is 367 g/mol. The van der Waals surface area contributed by atoms with Crippen molar-refractivity contribution in [2.75, 3.05) is 26.3 Å². The van der Waals surface area contributed by atoms with Gasteiger partial charge in [-0.2, -0.15) is 0 Å². The number of thioether (sulfide) groups is 1. The normalized spacial score (nSPS) is 15.8. The van der Waals surface area contributed by atoms with Crippen LogP contribution in [0, 0.1) is 5.82 Å². The van der Waals surface area contributed by atoms with E-state index in [0.717, 1.165) is 0 Å². The molecular formula is C16H18FN3O4S. The molecule has 1 aliphatic heterocycles. The second-order valence-electron chi connectivity index (χ2n) is 5.40. The van der Waals surface area contributed by atoms with Gasteiger partial charge in [-0.1, -0.05) is 11.8 Å². The van der Waals surface area contributed by atoms with Crippen LogP contribution >= 0.6 is 11.8 Å². The minimum Gasteiger partial charge on any atom is -0.484 e. The zero-order chi connectivity index (χ0) is 17.6. The Kier molecular flexibility index (Phi) is 5.87. The number of hydrogen-bond donors (Lipinski definition) is 0. The van der Waals surface area contributed by atoms with Crippen LogP contribution in [0.15, 0.2) is 33.9 Å². The first-order valence-electron chi connectivity index (χ1n) is 7.86. The van der Waals surface area contributed by atoms with E-state index >= 15 is 0 Å². The molecule has 7 nitrogen and oxygen atoms in total. The summed E-state index contributed by atoms with van der Waals surface area (Å²) in [7, 11) is 0. The van der Waals surface area contributed by atoms with Gasteiger partial charge in [0.1, 0.15) is 11.6 Å². The van der Waals surface area contributed by atoms with Crippen molar-refractivity contribution >= 4 is 17.7 Å². The van der Waals surface area contributed by atoms with Gasteiger partial charge in [-0.05, 0) is 31.2 Å². The summed E-state index contributed by atoms with van der Waals surface area (Å²) in [5.74, 6) is 0.487. The second-order valence-corrected chi connectivity index (χ2v) is 6.69. The molecule has 0 aliphatic carbocycles. The van der Waals surface area contributed by atoms with Gasteiger partial charge in [0.25, 0.3) is 11.1 Å². The molecule has 2 heterocycles. The van der Waals surface area contributed by atoms with Gasteiger partial charge in [0.15, 0.2) is 6.61 Å². The number of morpholine rings is 1. The molecule has 0 N–H and O–H groups in total. The third-order valence-corrected chi connectivity index (χ3v) is 4.49. The lowest BCUT2D eigenvalue weighted by Crippen LogP contribution is -2.44. The Balaban J connectivity index is 1.50. The molecule has 0 saturated carbocycles. The molecule has 0 radical (unpaired) electrons. The van der Waals surface area contributed by atoms with Gasteiger partial charge >= 0.3 is 0 Å². The van der Waals surface area contributed by atoms with E-state index in [0.29, 0.717) is 37.3 Å². The first-order chi connectivity index (χ1) is 12.1. The standard InChI is InChI=1S/C16H18FN3O4S/c1-11(15(21)20-6-8-22-9-7-20)25-16-19-18-14(24-16)10-23-13-4-2-12(17)3-5-13/h2-5,11H,6-10H2,1H3. The predicted octanol–water partition coefficient (Wildman–Crippen LogP) is 2.13. The Morgan fingerprint density at radius 2 is 2.04 bits per heavy atom. The average Bonchev–Trinajstić information content (AvgIpc) is 3.08. The number of nitrogens with zero attached hydrogens (tertiary/aromatic N) is 3. The van der Waals surface area contributed by atoms with Gasteiger partial charge in [0, 0.05) is 13.1 Å². The van der Waals surface area contributed by atoms with Crippen molar-refractivity contribution in [3.8, 4) is 5.75 Å². The highest BCUT2D eigenvalue weighted by Gasteiger charge is 2.25. The molecule has 1 unspecified atom stereocenters. The van der Waals surface area contributed by atoms with Crippen molar-refractivity contribution in [3.63, 3.8) is 0 Å². The zero-order valence-electron chi connectivity index (χ0n) is 13.7. The molecule has 1 atom stereocenters.